The number of nitrogens with zero attached hydrogens (tertiary/aromatic N) is 2. The van der Waals surface area contributed by atoms with E-state index in [1.54, 1.807) is 43.3 Å². The zero-order valence-corrected chi connectivity index (χ0v) is 22.3. The summed E-state index contributed by atoms with van der Waals surface area (Å²) in [5.74, 6) is -0.860. The first-order chi connectivity index (χ1) is 16.0. The fourth-order valence-corrected chi connectivity index (χ4v) is 4.71. The van der Waals surface area contributed by atoms with Crippen molar-refractivity contribution >= 4 is 62.3 Å². The number of rotatable bonds is 11. The van der Waals surface area contributed by atoms with Crippen LogP contribution < -0.4 is 9.62 Å². The van der Waals surface area contributed by atoms with Crippen LogP contribution in [-0.2, 0) is 26.2 Å². The van der Waals surface area contributed by atoms with E-state index in [2.05, 4.69) is 5.32 Å². The zero-order chi connectivity index (χ0) is 25.5. The van der Waals surface area contributed by atoms with Gasteiger partial charge < -0.3 is 10.2 Å². The summed E-state index contributed by atoms with van der Waals surface area (Å²) in [4.78, 5) is 27.8. The van der Waals surface area contributed by atoms with Crippen molar-refractivity contribution in [3.63, 3.8) is 0 Å². The average Bonchev–Trinajstić information content (AvgIpc) is 2.77. The lowest BCUT2D eigenvalue weighted by Gasteiger charge is -2.33. The Labute approximate surface area is 216 Å². The van der Waals surface area contributed by atoms with Crippen LogP contribution in [0.1, 0.15) is 32.3 Å². The van der Waals surface area contributed by atoms with Gasteiger partial charge in [-0.25, -0.2) is 8.42 Å². The molecule has 0 radical (unpaired) electrons. The Hall–Kier alpha value is -2.00. The number of nitrogens with one attached hydrogen (secondary N) is 1. The molecular formula is C23H28Cl3N3O4S. The molecule has 0 fully saturated rings. The first-order valence-corrected chi connectivity index (χ1v) is 13.7. The largest absolute Gasteiger partial charge is 0.354 e. The third kappa shape index (κ3) is 7.77. The van der Waals surface area contributed by atoms with E-state index in [0.717, 1.165) is 17.0 Å². The first-order valence-electron chi connectivity index (χ1n) is 10.7. The Kier molecular flexibility index (Phi) is 10.5. The number of anilines is 1. The highest BCUT2D eigenvalue weighted by atomic mass is 35.5. The van der Waals surface area contributed by atoms with Crippen LogP contribution in [-0.4, -0.2) is 50.5 Å². The van der Waals surface area contributed by atoms with E-state index >= 15 is 0 Å². The van der Waals surface area contributed by atoms with E-state index in [1.807, 2.05) is 6.92 Å². The summed E-state index contributed by atoms with van der Waals surface area (Å²) < 4.78 is 26.1. The maximum atomic E-state index is 13.5. The minimum absolute atomic E-state index is 0.0426. The second-order valence-corrected chi connectivity index (χ2v) is 10.9. The van der Waals surface area contributed by atoms with Gasteiger partial charge in [0.25, 0.3) is 0 Å². The summed E-state index contributed by atoms with van der Waals surface area (Å²) in [5, 5.41) is 3.82. The Morgan fingerprint density at radius 1 is 1.03 bits per heavy atom. The number of halogens is 3. The van der Waals surface area contributed by atoms with E-state index in [1.165, 1.54) is 11.0 Å². The topological polar surface area (TPSA) is 86.8 Å². The molecule has 7 nitrogen and oxygen atoms in total. The molecule has 11 heteroatoms. The number of benzene rings is 2. The van der Waals surface area contributed by atoms with Crippen molar-refractivity contribution in [2.75, 3.05) is 23.7 Å². The quantitative estimate of drug-likeness (QED) is 0.439. The molecular weight excluding hydrogens is 521 g/mol. The summed E-state index contributed by atoms with van der Waals surface area (Å²) in [6, 6.07) is 10.3. The van der Waals surface area contributed by atoms with Gasteiger partial charge in [0.05, 0.1) is 22.0 Å². The highest BCUT2D eigenvalue weighted by molar-refractivity contribution is 7.92. The molecule has 0 saturated carbocycles. The molecule has 0 bridgehead atoms. The van der Waals surface area contributed by atoms with Crippen molar-refractivity contribution in [2.45, 2.75) is 39.3 Å². The molecule has 0 heterocycles. The van der Waals surface area contributed by atoms with E-state index in [-0.39, 0.29) is 18.1 Å². The Morgan fingerprint density at radius 2 is 1.74 bits per heavy atom. The molecule has 0 unspecified atom stereocenters. The van der Waals surface area contributed by atoms with Crippen LogP contribution >= 0.6 is 34.8 Å². The van der Waals surface area contributed by atoms with Gasteiger partial charge in [-0.1, -0.05) is 60.8 Å². The lowest BCUT2D eigenvalue weighted by Crippen LogP contribution is -2.52. The Bertz CT molecular complexity index is 1130. The predicted octanol–water partition coefficient (Wildman–Crippen LogP) is 4.75. The number of hydrogen-bond donors (Lipinski definition) is 1. The van der Waals surface area contributed by atoms with Gasteiger partial charge in [0.1, 0.15) is 12.6 Å². The Morgan fingerprint density at radius 3 is 2.29 bits per heavy atom. The average molecular weight is 549 g/mol. The van der Waals surface area contributed by atoms with Crippen molar-refractivity contribution in [1.82, 2.24) is 10.2 Å². The smallest absolute Gasteiger partial charge is 0.244 e. The molecule has 0 aliphatic heterocycles. The number of sulfonamides is 1. The second kappa shape index (κ2) is 12.6. The van der Waals surface area contributed by atoms with Crippen molar-refractivity contribution in [1.29, 1.82) is 0 Å². The van der Waals surface area contributed by atoms with Crippen LogP contribution in [0.2, 0.25) is 15.1 Å². The molecule has 186 valence electrons. The summed E-state index contributed by atoms with van der Waals surface area (Å²) in [7, 11) is -3.83. The second-order valence-electron chi connectivity index (χ2n) is 7.73. The molecule has 34 heavy (non-hydrogen) atoms. The molecule has 0 saturated heterocycles. The van der Waals surface area contributed by atoms with E-state index in [0.29, 0.717) is 33.6 Å². The minimum Gasteiger partial charge on any atom is -0.354 e. The van der Waals surface area contributed by atoms with Gasteiger partial charge >= 0.3 is 0 Å². The molecule has 2 amide bonds. The predicted molar refractivity (Wildman–Crippen MR) is 138 cm³/mol. The third-order valence-corrected chi connectivity index (χ3v) is 7.16. The molecule has 2 aromatic rings. The fourth-order valence-electron chi connectivity index (χ4n) is 3.37. The van der Waals surface area contributed by atoms with Crippen molar-refractivity contribution in [2.24, 2.45) is 0 Å². The minimum atomic E-state index is -3.83. The van der Waals surface area contributed by atoms with E-state index in [4.69, 9.17) is 34.8 Å². The molecule has 1 atom stereocenters. The third-order valence-electron chi connectivity index (χ3n) is 5.05. The number of carbonyl (C=O) groups excluding carboxylic acids is 2. The molecule has 2 aromatic carbocycles. The van der Waals surface area contributed by atoms with Gasteiger partial charge in [0, 0.05) is 18.1 Å². The van der Waals surface area contributed by atoms with Gasteiger partial charge in [0.2, 0.25) is 21.8 Å². The van der Waals surface area contributed by atoms with Crippen LogP contribution in [0.4, 0.5) is 5.69 Å². The summed E-state index contributed by atoms with van der Waals surface area (Å²) in [6.07, 6.45) is 2.08. The number of amides is 2. The van der Waals surface area contributed by atoms with Crippen LogP contribution in [0.15, 0.2) is 42.5 Å². The van der Waals surface area contributed by atoms with Gasteiger partial charge in [0.15, 0.2) is 0 Å². The van der Waals surface area contributed by atoms with E-state index < -0.39 is 28.5 Å². The number of hydrogen-bond acceptors (Lipinski definition) is 4. The van der Waals surface area contributed by atoms with Crippen molar-refractivity contribution in [3.05, 3.63) is 63.1 Å². The number of carbonyl (C=O) groups is 2. The SMILES string of the molecule is CCCNC(=O)[C@H](CC)N(Cc1ccc(Cl)c(Cl)c1)C(=O)CN(c1cccc(Cl)c1)S(C)(=O)=O. The maximum absolute atomic E-state index is 13.5. The summed E-state index contributed by atoms with van der Waals surface area (Å²) >= 11 is 18.2. The normalized spacial score (nSPS) is 12.2. The monoisotopic (exact) mass is 547 g/mol. The van der Waals surface area contributed by atoms with Crippen molar-refractivity contribution < 1.29 is 18.0 Å². The van der Waals surface area contributed by atoms with Gasteiger partial charge in [-0.15, -0.1) is 0 Å². The highest BCUT2D eigenvalue weighted by Crippen LogP contribution is 2.25. The van der Waals surface area contributed by atoms with Crippen LogP contribution in [0.5, 0.6) is 0 Å². The fraction of sp³-hybridized carbons (Fsp3) is 0.391. The molecule has 0 aromatic heterocycles. The molecule has 2 rings (SSSR count). The molecule has 0 aliphatic carbocycles. The highest BCUT2D eigenvalue weighted by Gasteiger charge is 2.31. The standard InChI is InChI=1S/C23H28Cl3N3O4S/c1-4-11-27-23(31)21(5-2)28(14-16-9-10-19(25)20(26)12-16)22(30)15-29(34(3,32)33)18-8-6-7-17(24)13-18/h6-10,12-13,21H,4-5,11,14-15H2,1-3H3,(H,27,31)/t21-/m0/s1. The Balaban J connectivity index is 2.44. The van der Waals surface area contributed by atoms with Crippen LogP contribution in [0.25, 0.3) is 0 Å². The lowest BCUT2D eigenvalue weighted by molar-refractivity contribution is -0.140. The zero-order valence-electron chi connectivity index (χ0n) is 19.2. The van der Waals surface area contributed by atoms with Gasteiger partial charge in [-0.2, -0.15) is 0 Å². The van der Waals surface area contributed by atoms with Crippen LogP contribution in [0.3, 0.4) is 0 Å². The van der Waals surface area contributed by atoms with E-state index in [9.17, 15) is 18.0 Å². The van der Waals surface area contributed by atoms with Gasteiger partial charge in [-0.05, 0) is 48.7 Å². The molecule has 1 N–H and O–H groups in total. The van der Waals surface area contributed by atoms with Crippen molar-refractivity contribution in [3.8, 4) is 0 Å². The molecule has 0 spiro atoms. The summed E-state index contributed by atoms with van der Waals surface area (Å²) in [6.45, 7) is 3.71. The van der Waals surface area contributed by atoms with Gasteiger partial charge in [-0.3, -0.25) is 13.9 Å². The first kappa shape index (κ1) is 28.2. The summed E-state index contributed by atoms with van der Waals surface area (Å²) in [5.41, 5.74) is 0.902. The molecule has 0 aliphatic rings. The van der Waals surface area contributed by atoms with Crippen LogP contribution in [0, 0.1) is 0 Å². The lowest BCUT2D eigenvalue weighted by atomic mass is 10.1. The maximum Gasteiger partial charge on any atom is 0.244 e.